The number of rotatable bonds is 2. The molecule has 0 fully saturated rings. The van der Waals surface area contributed by atoms with E-state index in [0.29, 0.717) is 19.0 Å². The smallest absolute Gasteiger partial charge is 0.321 e. The second-order valence-corrected chi connectivity index (χ2v) is 4.47. The molecule has 0 bridgehead atoms. The molecule has 1 aliphatic rings. The molecule has 4 nitrogen and oxygen atoms in total. The molecular formula is C13H12ClN3O. The quantitative estimate of drug-likeness (QED) is 0.712. The van der Waals surface area contributed by atoms with Gasteiger partial charge in [0.1, 0.15) is 5.82 Å². The van der Waals surface area contributed by atoms with E-state index in [-0.39, 0.29) is 0 Å². The minimum atomic E-state index is 0.530. The molecule has 0 atom stereocenters. The molecule has 0 saturated carbocycles. The predicted octanol–water partition coefficient (Wildman–Crippen LogP) is 2.86. The summed E-state index contributed by atoms with van der Waals surface area (Å²) in [5, 5.41) is 8.92. The van der Waals surface area contributed by atoms with Crippen LogP contribution in [0.15, 0.2) is 18.2 Å². The van der Waals surface area contributed by atoms with E-state index < -0.39 is 0 Å². The lowest BCUT2D eigenvalue weighted by atomic mass is 10.1. The predicted molar refractivity (Wildman–Crippen MR) is 70.7 cm³/mol. The van der Waals surface area contributed by atoms with Gasteiger partial charge in [0.2, 0.25) is 0 Å². The molecule has 5 heteroatoms. The van der Waals surface area contributed by atoms with Crippen LogP contribution in [0.1, 0.15) is 23.9 Å². The highest BCUT2D eigenvalue weighted by Crippen LogP contribution is 2.25. The van der Waals surface area contributed by atoms with Crippen molar-refractivity contribution in [1.29, 1.82) is 0 Å². The molecule has 0 amide bonds. The highest BCUT2D eigenvalue weighted by atomic mass is 35.5. The summed E-state index contributed by atoms with van der Waals surface area (Å²) in [6.07, 6.45) is 4.65. The molecule has 2 heterocycles. The largest absolute Gasteiger partial charge is 0.464 e. The van der Waals surface area contributed by atoms with Crippen molar-refractivity contribution in [2.24, 2.45) is 0 Å². The highest BCUT2D eigenvalue weighted by molar-refractivity contribution is 6.30. The Balaban J connectivity index is 2.06. The number of nitrogens with zero attached hydrogens (tertiary/aromatic N) is 3. The minimum Gasteiger partial charge on any atom is -0.464 e. The zero-order valence-electron chi connectivity index (χ0n) is 9.93. The van der Waals surface area contributed by atoms with E-state index >= 15 is 0 Å². The van der Waals surface area contributed by atoms with Crippen molar-refractivity contribution in [3.05, 3.63) is 40.2 Å². The number of aromatic nitrogens is 3. The maximum atomic E-state index is 6.02. The van der Waals surface area contributed by atoms with Gasteiger partial charge in [-0.2, -0.15) is 0 Å². The minimum absolute atomic E-state index is 0.530. The molecule has 1 aromatic carbocycles. The Bertz CT molecular complexity index is 619. The van der Waals surface area contributed by atoms with Crippen LogP contribution in [-0.4, -0.2) is 21.4 Å². The van der Waals surface area contributed by atoms with Crippen molar-refractivity contribution in [2.75, 3.05) is 6.61 Å². The molecular weight excluding hydrogens is 250 g/mol. The summed E-state index contributed by atoms with van der Waals surface area (Å²) in [7, 11) is 0. The first-order valence-corrected chi connectivity index (χ1v) is 6.19. The van der Waals surface area contributed by atoms with Crippen LogP contribution in [-0.2, 0) is 6.42 Å². The van der Waals surface area contributed by atoms with Crippen molar-refractivity contribution in [3.63, 3.8) is 0 Å². The highest BCUT2D eigenvalue weighted by Gasteiger charge is 2.15. The molecule has 0 N–H and O–H groups in total. The average Bonchev–Trinajstić information content (AvgIpc) is 2.63. The topological polar surface area (TPSA) is 39.9 Å². The third kappa shape index (κ3) is 1.88. The summed E-state index contributed by atoms with van der Waals surface area (Å²) in [5.41, 5.74) is 2.29. The standard InChI is InChI=1S/C13H12ClN3O/c1-2-18-13-16-15-12-8-10-7-11(14)4-3-9(10)5-6-17(12)13/h3-7H,2,8H2,1H3. The van der Waals surface area contributed by atoms with Crippen LogP contribution in [0.25, 0.3) is 12.3 Å². The fraction of sp³-hybridized carbons (Fsp3) is 0.231. The third-order valence-electron chi connectivity index (χ3n) is 2.87. The van der Waals surface area contributed by atoms with Crippen LogP contribution in [0.4, 0.5) is 0 Å². The van der Waals surface area contributed by atoms with E-state index in [4.69, 9.17) is 16.3 Å². The Morgan fingerprint density at radius 2 is 2.28 bits per heavy atom. The van der Waals surface area contributed by atoms with E-state index in [1.165, 1.54) is 0 Å². The first-order valence-electron chi connectivity index (χ1n) is 5.81. The lowest BCUT2D eigenvalue weighted by Gasteiger charge is -2.03. The van der Waals surface area contributed by atoms with Gasteiger partial charge in [0.05, 0.1) is 6.61 Å². The van der Waals surface area contributed by atoms with Gasteiger partial charge in [-0.3, -0.25) is 4.57 Å². The SMILES string of the molecule is CCOc1nnc2n1C=Cc1ccc(Cl)cc1C2. The van der Waals surface area contributed by atoms with E-state index in [2.05, 4.69) is 10.2 Å². The van der Waals surface area contributed by atoms with Gasteiger partial charge in [-0.15, -0.1) is 5.10 Å². The number of halogens is 1. The number of ether oxygens (including phenoxy) is 1. The second kappa shape index (κ2) is 4.46. The van der Waals surface area contributed by atoms with Crippen LogP contribution in [0.2, 0.25) is 5.02 Å². The van der Waals surface area contributed by atoms with Crippen LogP contribution in [0, 0.1) is 0 Å². The summed E-state index contributed by atoms with van der Waals surface area (Å²) in [6, 6.07) is 6.39. The van der Waals surface area contributed by atoms with Crippen molar-refractivity contribution in [1.82, 2.24) is 14.8 Å². The lowest BCUT2D eigenvalue weighted by Crippen LogP contribution is -2.01. The van der Waals surface area contributed by atoms with E-state index in [1.807, 2.05) is 42.0 Å². The number of hydrogen-bond donors (Lipinski definition) is 0. The Kier molecular flexibility index (Phi) is 2.80. The molecule has 18 heavy (non-hydrogen) atoms. The molecule has 2 aromatic rings. The Morgan fingerprint density at radius 3 is 3.11 bits per heavy atom. The van der Waals surface area contributed by atoms with Gasteiger partial charge in [-0.05, 0) is 36.3 Å². The van der Waals surface area contributed by atoms with E-state index in [9.17, 15) is 0 Å². The van der Waals surface area contributed by atoms with Crippen molar-refractivity contribution < 1.29 is 4.74 Å². The summed E-state index contributed by atoms with van der Waals surface area (Å²) in [6.45, 7) is 2.50. The molecule has 0 radical (unpaired) electrons. The molecule has 92 valence electrons. The van der Waals surface area contributed by atoms with Crippen LogP contribution in [0.5, 0.6) is 6.01 Å². The number of benzene rings is 1. The molecule has 0 aliphatic carbocycles. The maximum absolute atomic E-state index is 6.02. The zero-order valence-corrected chi connectivity index (χ0v) is 10.7. The van der Waals surface area contributed by atoms with Crippen molar-refractivity contribution >= 4 is 23.9 Å². The first kappa shape index (κ1) is 11.3. The van der Waals surface area contributed by atoms with Gasteiger partial charge in [-0.25, -0.2) is 0 Å². The van der Waals surface area contributed by atoms with Gasteiger partial charge >= 0.3 is 6.01 Å². The Hall–Kier alpha value is -1.81. The van der Waals surface area contributed by atoms with Crippen LogP contribution >= 0.6 is 11.6 Å². The normalized spacial score (nSPS) is 12.8. The summed E-state index contributed by atoms with van der Waals surface area (Å²) in [5.74, 6) is 0.857. The number of fused-ring (bicyclic) bond motifs is 2. The third-order valence-corrected chi connectivity index (χ3v) is 3.10. The molecule has 0 spiro atoms. The summed E-state index contributed by atoms with van der Waals surface area (Å²) < 4.78 is 7.31. The fourth-order valence-electron chi connectivity index (χ4n) is 2.02. The van der Waals surface area contributed by atoms with Crippen LogP contribution in [0.3, 0.4) is 0 Å². The summed E-state index contributed by atoms with van der Waals surface area (Å²) >= 11 is 6.02. The zero-order chi connectivity index (χ0) is 12.5. The van der Waals surface area contributed by atoms with Gasteiger partial charge in [0.25, 0.3) is 0 Å². The molecule has 1 aromatic heterocycles. The van der Waals surface area contributed by atoms with Gasteiger partial charge < -0.3 is 4.74 Å². The second-order valence-electron chi connectivity index (χ2n) is 4.04. The first-order chi connectivity index (χ1) is 8.78. The lowest BCUT2D eigenvalue weighted by molar-refractivity contribution is 0.307. The summed E-state index contributed by atoms with van der Waals surface area (Å²) in [4.78, 5) is 0. The Morgan fingerprint density at radius 1 is 1.39 bits per heavy atom. The Labute approximate surface area is 110 Å². The number of hydrogen-bond acceptors (Lipinski definition) is 3. The van der Waals surface area contributed by atoms with Crippen LogP contribution < -0.4 is 4.74 Å². The van der Waals surface area contributed by atoms with Crippen molar-refractivity contribution in [2.45, 2.75) is 13.3 Å². The van der Waals surface area contributed by atoms with Crippen molar-refractivity contribution in [3.8, 4) is 6.01 Å². The molecule has 0 unspecified atom stereocenters. The van der Waals surface area contributed by atoms with Gasteiger partial charge in [0.15, 0.2) is 0 Å². The average molecular weight is 262 g/mol. The molecule has 3 rings (SSSR count). The molecule has 0 saturated heterocycles. The van der Waals surface area contributed by atoms with Gasteiger partial charge in [-0.1, -0.05) is 22.8 Å². The van der Waals surface area contributed by atoms with Gasteiger partial charge in [0, 0.05) is 17.6 Å². The van der Waals surface area contributed by atoms with E-state index in [1.54, 1.807) is 0 Å². The fourth-order valence-corrected chi connectivity index (χ4v) is 2.21. The monoisotopic (exact) mass is 261 g/mol. The molecule has 1 aliphatic heterocycles. The van der Waals surface area contributed by atoms with E-state index in [0.717, 1.165) is 22.0 Å². The maximum Gasteiger partial charge on any atom is 0.321 e.